The minimum atomic E-state index is -0.793. The maximum Gasteiger partial charge on any atom is 0.235 e. The Labute approximate surface area is 220 Å². The van der Waals surface area contributed by atoms with Crippen molar-refractivity contribution in [3.8, 4) is 0 Å². The van der Waals surface area contributed by atoms with E-state index >= 15 is 0 Å². The number of Topliss-reactive ketones (excluding diaryl/α,β-unsaturated/α-hetero) is 1. The van der Waals surface area contributed by atoms with E-state index in [1.807, 2.05) is 55.5 Å². The van der Waals surface area contributed by atoms with Crippen molar-refractivity contribution >= 4 is 40.7 Å². The van der Waals surface area contributed by atoms with E-state index in [-0.39, 0.29) is 17.6 Å². The van der Waals surface area contributed by atoms with E-state index in [0.29, 0.717) is 45.5 Å². The maximum absolute atomic E-state index is 13.7. The van der Waals surface area contributed by atoms with Crippen molar-refractivity contribution < 1.29 is 9.59 Å². The number of amides is 1. The highest BCUT2D eigenvalue weighted by molar-refractivity contribution is 6.42. The molecular formula is C29H25Cl2N3O2. The van der Waals surface area contributed by atoms with E-state index in [2.05, 4.69) is 22.2 Å². The van der Waals surface area contributed by atoms with Gasteiger partial charge in [0, 0.05) is 35.5 Å². The second-order valence-corrected chi connectivity index (χ2v) is 10.0. The minimum Gasteiger partial charge on any atom is -0.362 e. The molecule has 2 aromatic carbocycles. The summed E-state index contributed by atoms with van der Waals surface area (Å²) in [5.41, 5.74) is 4.41. The van der Waals surface area contributed by atoms with Gasteiger partial charge in [0.15, 0.2) is 5.78 Å². The summed E-state index contributed by atoms with van der Waals surface area (Å²) >= 11 is 13.1. The lowest BCUT2D eigenvalue weighted by Crippen LogP contribution is -2.43. The van der Waals surface area contributed by atoms with Crippen LogP contribution in [0.4, 0.5) is 5.82 Å². The number of halogens is 2. The highest BCUT2D eigenvalue weighted by Crippen LogP contribution is 2.49. The van der Waals surface area contributed by atoms with Crippen molar-refractivity contribution in [1.29, 1.82) is 0 Å². The lowest BCUT2D eigenvalue weighted by Gasteiger charge is -2.40. The molecule has 7 heteroatoms. The number of aromatic nitrogens is 1. The second kappa shape index (κ2) is 9.92. The summed E-state index contributed by atoms with van der Waals surface area (Å²) in [6.07, 6.45) is 2.60. The van der Waals surface area contributed by atoms with Crippen molar-refractivity contribution in [3.63, 3.8) is 0 Å². The molecule has 5 nitrogen and oxygen atoms in total. The summed E-state index contributed by atoms with van der Waals surface area (Å²) in [7, 11) is 0. The fraction of sp³-hybridized carbons (Fsp3) is 0.207. The highest BCUT2D eigenvalue weighted by atomic mass is 35.5. The number of hydrogen-bond acceptors (Lipinski definition) is 4. The molecule has 182 valence electrons. The zero-order valence-corrected chi connectivity index (χ0v) is 21.2. The summed E-state index contributed by atoms with van der Waals surface area (Å²) in [6, 6.07) is 19.0. The molecule has 36 heavy (non-hydrogen) atoms. The molecule has 3 unspecified atom stereocenters. The van der Waals surface area contributed by atoms with Gasteiger partial charge in [-0.15, -0.1) is 0 Å². The molecule has 0 saturated carbocycles. The van der Waals surface area contributed by atoms with Gasteiger partial charge < -0.3 is 10.6 Å². The molecule has 1 amide bonds. The summed E-state index contributed by atoms with van der Waals surface area (Å²) in [6.45, 7) is 6.08. The number of allylic oxidation sites excluding steroid dienone is 2. The van der Waals surface area contributed by atoms with Crippen LogP contribution in [0.15, 0.2) is 90.4 Å². The third-order valence-corrected chi connectivity index (χ3v) is 7.79. The smallest absolute Gasteiger partial charge is 0.235 e. The van der Waals surface area contributed by atoms with Gasteiger partial charge in [-0.1, -0.05) is 78.3 Å². The monoisotopic (exact) mass is 517 g/mol. The number of aryl methyl sites for hydroxylation is 1. The first-order valence-corrected chi connectivity index (χ1v) is 12.5. The van der Waals surface area contributed by atoms with Crippen LogP contribution in [0, 0.1) is 12.8 Å². The SMILES string of the molecule is C=C1NC2=C(C(=O)CC(c3ccccc3)C2)C(c2cccc(Cl)c2Cl)C1C(=O)Nc1ncccc1C. The first kappa shape index (κ1) is 24.3. The van der Waals surface area contributed by atoms with Crippen molar-refractivity contribution in [2.75, 3.05) is 5.32 Å². The standard InChI is InChI=1S/C29H25Cl2N3O2/c1-16-8-7-13-32-28(16)34-29(36)24-17(2)33-22-14-19(18-9-4-3-5-10-18)15-23(35)26(22)25(24)20-11-6-12-21(30)27(20)31/h3-13,19,24-25,33H,2,14-15H2,1H3,(H,32,34,36). The second-order valence-electron chi connectivity index (χ2n) is 9.24. The van der Waals surface area contributed by atoms with Crippen LogP contribution in [0.25, 0.3) is 0 Å². The largest absolute Gasteiger partial charge is 0.362 e. The van der Waals surface area contributed by atoms with Crippen LogP contribution < -0.4 is 10.6 Å². The number of hydrogen-bond donors (Lipinski definition) is 2. The molecule has 2 aliphatic rings. The van der Waals surface area contributed by atoms with E-state index in [9.17, 15) is 9.59 Å². The van der Waals surface area contributed by atoms with E-state index in [4.69, 9.17) is 23.2 Å². The molecular weight excluding hydrogens is 493 g/mol. The molecule has 0 saturated heterocycles. The molecule has 2 heterocycles. The molecule has 5 rings (SSSR count). The summed E-state index contributed by atoms with van der Waals surface area (Å²) in [4.78, 5) is 31.7. The van der Waals surface area contributed by atoms with E-state index in [1.165, 1.54) is 0 Å². The number of anilines is 1. The number of pyridine rings is 1. The Balaban J connectivity index is 1.60. The van der Waals surface area contributed by atoms with Crippen LogP contribution in [0.3, 0.4) is 0 Å². The zero-order valence-electron chi connectivity index (χ0n) is 19.7. The fourth-order valence-electron chi connectivity index (χ4n) is 5.23. The molecule has 0 bridgehead atoms. The van der Waals surface area contributed by atoms with Crippen LogP contribution in [-0.2, 0) is 9.59 Å². The number of carbonyl (C=O) groups excluding carboxylic acids is 2. The van der Waals surface area contributed by atoms with Crippen molar-refractivity contribution in [1.82, 2.24) is 10.3 Å². The molecule has 2 N–H and O–H groups in total. The Hall–Kier alpha value is -3.41. The summed E-state index contributed by atoms with van der Waals surface area (Å²) < 4.78 is 0. The van der Waals surface area contributed by atoms with Crippen LogP contribution in [0.5, 0.6) is 0 Å². The average Bonchev–Trinajstić information content (AvgIpc) is 2.86. The Kier molecular flexibility index (Phi) is 6.69. The first-order valence-electron chi connectivity index (χ1n) is 11.8. The van der Waals surface area contributed by atoms with Gasteiger partial charge in [0.05, 0.1) is 16.0 Å². The number of carbonyl (C=O) groups is 2. The zero-order chi connectivity index (χ0) is 25.4. The van der Waals surface area contributed by atoms with Crippen molar-refractivity contribution in [2.45, 2.75) is 31.6 Å². The van der Waals surface area contributed by atoms with Crippen molar-refractivity contribution in [3.05, 3.63) is 117 Å². The Morgan fingerprint density at radius 2 is 1.83 bits per heavy atom. The summed E-state index contributed by atoms with van der Waals surface area (Å²) in [5, 5.41) is 6.94. The van der Waals surface area contributed by atoms with Gasteiger partial charge in [-0.2, -0.15) is 0 Å². The van der Waals surface area contributed by atoms with E-state index in [0.717, 1.165) is 16.8 Å². The van der Waals surface area contributed by atoms with Gasteiger partial charge in [-0.05, 0) is 48.1 Å². The van der Waals surface area contributed by atoms with Gasteiger partial charge in [0.1, 0.15) is 5.82 Å². The Morgan fingerprint density at radius 1 is 1.06 bits per heavy atom. The van der Waals surface area contributed by atoms with Crippen molar-refractivity contribution in [2.24, 2.45) is 5.92 Å². The highest BCUT2D eigenvalue weighted by Gasteiger charge is 2.45. The Bertz CT molecular complexity index is 1400. The third kappa shape index (κ3) is 4.45. The number of rotatable bonds is 4. The molecule has 1 aromatic heterocycles. The lowest BCUT2D eigenvalue weighted by atomic mass is 9.68. The molecule has 0 spiro atoms. The quantitative estimate of drug-likeness (QED) is 0.411. The molecule has 1 aliphatic carbocycles. The maximum atomic E-state index is 13.7. The normalized spacial score (nSPS) is 21.6. The fourth-order valence-corrected chi connectivity index (χ4v) is 5.65. The first-order chi connectivity index (χ1) is 17.3. The summed E-state index contributed by atoms with van der Waals surface area (Å²) in [5.74, 6) is -1.26. The van der Waals surface area contributed by atoms with Crippen LogP contribution in [0.1, 0.15) is 41.4 Å². The minimum absolute atomic E-state index is 0.0158. The number of nitrogens with zero attached hydrogens (tertiary/aromatic N) is 1. The van der Waals surface area contributed by atoms with Crippen LogP contribution >= 0.6 is 23.2 Å². The van der Waals surface area contributed by atoms with Gasteiger partial charge >= 0.3 is 0 Å². The molecule has 3 atom stereocenters. The Morgan fingerprint density at radius 3 is 2.58 bits per heavy atom. The number of benzene rings is 2. The molecule has 3 aromatic rings. The molecule has 0 fully saturated rings. The lowest BCUT2D eigenvalue weighted by molar-refractivity contribution is -0.120. The average molecular weight is 518 g/mol. The van der Waals surface area contributed by atoms with Gasteiger partial charge in [-0.3, -0.25) is 9.59 Å². The predicted octanol–water partition coefficient (Wildman–Crippen LogP) is 6.55. The van der Waals surface area contributed by atoms with E-state index < -0.39 is 11.8 Å². The topological polar surface area (TPSA) is 71.1 Å². The van der Waals surface area contributed by atoms with E-state index in [1.54, 1.807) is 18.3 Å². The third-order valence-electron chi connectivity index (χ3n) is 6.96. The predicted molar refractivity (Wildman–Crippen MR) is 143 cm³/mol. The molecule has 0 radical (unpaired) electrons. The van der Waals surface area contributed by atoms with Gasteiger partial charge in [0.2, 0.25) is 5.91 Å². The van der Waals surface area contributed by atoms with Crippen LogP contribution in [-0.4, -0.2) is 16.7 Å². The number of nitrogens with one attached hydrogen (secondary N) is 2. The van der Waals surface area contributed by atoms with Gasteiger partial charge in [0.25, 0.3) is 0 Å². The van der Waals surface area contributed by atoms with Crippen LogP contribution in [0.2, 0.25) is 10.0 Å². The molecule has 1 aliphatic heterocycles. The van der Waals surface area contributed by atoms with Gasteiger partial charge in [-0.25, -0.2) is 4.98 Å². The number of ketones is 1.